The van der Waals surface area contributed by atoms with Crippen LogP contribution in [0.5, 0.6) is 0 Å². The highest BCUT2D eigenvalue weighted by Crippen LogP contribution is 2.11. The van der Waals surface area contributed by atoms with Crippen molar-refractivity contribution in [2.75, 3.05) is 0 Å². The molecule has 0 amide bonds. The fourth-order valence-electron chi connectivity index (χ4n) is 3.36. The van der Waals surface area contributed by atoms with Crippen molar-refractivity contribution in [2.45, 2.75) is 43.4 Å². The van der Waals surface area contributed by atoms with Gasteiger partial charge in [-0.1, -0.05) is 36.4 Å². The van der Waals surface area contributed by atoms with Gasteiger partial charge in [0.1, 0.15) is 11.4 Å². The number of aryl methyl sites for hydroxylation is 2. The molecule has 0 aliphatic carbocycles. The Labute approximate surface area is 272 Å². The Morgan fingerprint density at radius 2 is 0.946 bits per heavy atom. The first-order chi connectivity index (χ1) is 15.8. The lowest BCUT2D eigenvalue weighted by atomic mass is 10.4. The maximum absolute atomic E-state index is 13.3. The first-order valence-corrected chi connectivity index (χ1v) is 13.3. The zero-order valence-electron chi connectivity index (χ0n) is 19.8. The Morgan fingerprint density at radius 1 is 0.622 bits per heavy atom. The second kappa shape index (κ2) is 15.0. The van der Waals surface area contributed by atoms with E-state index in [1.807, 2.05) is 13.8 Å². The molecule has 0 aliphatic heterocycles. The van der Waals surface area contributed by atoms with Gasteiger partial charge in [0, 0.05) is 8.77 Å². The molecule has 0 saturated heterocycles. The van der Waals surface area contributed by atoms with E-state index in [4.69, 9.17) is 0 Å². The van der Waals surface area contributed by atoms with Gasteiger partial charge in [-0.3, -0.25) is 0 Å². The molecule has 2 aromatic heterocycles. The van der Waals surface area contributed by atoms with Crippen LogP contribution in [0.4, 0.5) is 0 Å². The smallest absolute Gasteiger partial charge is 0.437 e. The minimum Gasteiger partial charge on any atom is -1.00 e. The molecule has 0 bridgehead atoms. The molecular weight excluding hydrogens is 878 g/mol. The monoisotopic (exact) mass is 902 g/mol. The predicted molar refractivity (Wildman–Crippen MR) is 114 cm³/mol. The first-order valence-electron chi connectivity index (χ1n) is 10.4. The number of rotatable bonds is 8. The van der Waals surface area contributed by atoms with Crippen molar-refractivity contribution in [1.82, 2.24) is 8.17 Å². The summed E-state index contributed by atoms with van der Waals surface area (Å²) in [5, 5.41) is 0. The van der Waals surface area contributed by atoms with E-state index in [1.165, 1.54) is 46.3 Å². The lowest BCUT2D eigenvalue weighted by molar-refractivity contribution is -0.990. The van der Waals surface area contributed by atoms with Crippen LogP contribution in [0.3, 0.4) is 0 Å². The average Bonchev–Trinajstić information content (AvgIpc) is 3.45. The van der Waals surface area contributed by atoms with Crippen LogP contribution in [0.1, 0.15) is 13.8 Å². The molecule has 0 fully saturated rings. The molecular formula is C21H26Br2I2N6O4S2. The molecule has 2 heterocycles. The van der Waals surface area contributed by atoms with E-state index in [0.29, 0.717) is 13.1 Å². The summed E-state index contributed by atoms with van der Waals surface area (Å²) in [6, 6.07) is 16.2. The van der Waals surface area contributed by atoms with Gasteiger partial charge >= 0.3 is 52.0 Å². The Balaban J connectivity index is 0.00000324. The van der Waals surface area contributed by atoms with Gasteiger partial charge < -0.3 is 81.9 Å². The maximum atomic E-state index is 13.3. The third-order valence-electron chi connectivity index (χ3n) is 5.16. The van der Waals surface area contributed by atoms with Gasteiger partial charge in [0.05, 0.1) is 13.7 Å². The number of aromatic nitrogens is 6. The highest BCUT2D eigenvalue weighted by molar-refractivity contribution is 7.90. The van der Waals surface area contributed by atoms with Gasteiger partial charge in [-0.05, 0) is 38.1 Å². The molecule has 16 heteroatoms. The van der Waals surface area contributed by atoms with Gasteiger partial charge in [-0.15, -0.1) is 4.57 Å². The van der Waals surface area contributed by atoms with Crippen molar-refractivity contribution in [3.8, 4) is 0 Å². The number of benzene rings is 2. The molecule has 4 rings (SSSR count). The van der Waals surface area contributed by atoms with Crippen LogP contribution in [0.15, 0.2) is 95.8 Å². The molecule has 37 heavy (non-hydrogen) atoms. The third kappa shape index (κ3) is 7.58. The summed E-state index contributed by atoms with van der Waals surface area (Å²) < 4.78 is 61.9. The quantitative estimate of drug-likeness (QED) is 0.130. The topological polar surface area (TPSA) is 93.7 Å². The van der Waals surface area contributed by atoms with Crippen molar-refractivity contribution in [3.05, 3.63) is 86.0 Å². The summed E-state index contributed by atoms with van der Waals surface area (Å²) in [6.07, 6.45) is 6.23. The molecule has 0 saturated carbocycles. The van der Waals surface area contributed by atoms with Crippen molar-refractivity contribution >= 4 is 20.0 Å². The molecule has 4 aromatic rings. The minimum absolute atomic E-state index is 0. The first kappa shape index (κ1) is 36.0. The maximum Gasteiger partial charge on any atom is 0.437 e. The van der Waals surface area contributed by atoms with Crippen LogP contribution < -0.4 is 100 Å². The zero-order valence-corrected chi connectivity index (χ0v) is 29.0. The van der Waals surface area contributed by atoms with Crippen LogP contribution in [0, 0.1) is 0 Å². The SMILES string of the molecule is CC[n+]1cn(S(=O)(=O)c2ccccc2)[n+](C[n+]2c[n+](CC)cn2S(=O)(=O)c2ccccc2)c1.[Br-].[Br-].[I-].[I-]. The Bertz CT molecular complexity index is 1390. The van der Waals surface area contributed by atoms with E-state index in [2.05, 4.69) is 0 Å². The van der Waals surface area contributed by atoms with Crippen LogP contribution in [0.2, 0.25) is 0 Å². The van der Waals surface area contributed by atoms with E-state index in [1.54, 1.807) is 58.2 Å². The predicted octanol–water partition coefficient (Wildman–Crippen LogP) is -12.5. The van der Waals surface area contributed by atoms with Gasteiger partial charge in [0.2, 0.25) is 0 Å². The summed E-state index contributed by atoms with van der Waals surface area (Å²) in [5.41, 5.74) is 0. The number of hydrogen-bond acceptors (Lipinski definition) is 4. The number of nitrogens with zero attached hydrogens (tertiary/aromatic N) is 6. The van der Waals surface area contributed by atoms with Crippen LogP contribution in [0.25, 0.3) is 0 Å². The average molecular weight is 904 g/mol. The minimum atomic E-state index is -3.90. The zero-order chi connectivity index (χ0) is 23.6. The molecule has 0 spiro atoms. The van der Waals surface area contributed by atoms with E-state index in [0.717, 1.165) is 8.17 Å². The Kier molecular flexibility index (Phi) is 14.6. The second-order valence-corrected chi connectivity index (χ2v) is 10.9. The van der Waals surface area contributed by atoms with Crippen molar-refractivity contribution in [1.29, 1.82) is 0 Å². The summed E-state index contributed by atoms with van der Waals surface area (Å²) in [4.78, 5) is 0.275. The highest BCUT2D eigenvalue weighted by atomic mass is 127. The van der Waals surface area contributed by atoms with E-state index in [9.17, 15) is 16.8 Å². The van der Waals surface area contributed by atoms with Crippen LogP contribution in [-0.2, 0) is 39.8 Å². The van der Waals surface area contributed by atoms with Crippen molar-refractivity contribution in [2.24, 2.45) is 0 Å². The summed E-state index contributed by atoms with van der Waals surface area (Å²) in [6.45, 7) is 4.81. The molecule has 2 aromatic carbocycles. The standard InChI is InChI=1S/C21H26N6O4S2.2BrH.2HI/c1-3-22-15-24(26(17-22)32(28,29)20-11-7-5-8-12-20)19-25-16-23(4-2)18-27(25)33(30,31)21-13-9-6-10-14-21;;;;/h5-18H,3-4,19H2,1-2H3;4*1H/q+4;;;;/p-4. The number of halogens is 4. The summed E-state index contributed by atoms with van der Waals surface area (Å²) >= 11 is 0. The highest BCUT2D eigenvalue weighted by Gasteiger charge is 2.39. The Morgan fingerprint density at radius 3 is 1.24 bits per heavy atom. The fraction of sp³-hybridized carbons (Fsp3) is 0.238. The fourth-order valence-corrected chi connectivity index (χ4v) is 6.03. The number of hydrogen-bond donors (Lipinski definition) is 0. The summed E-state index contributed by atoms with van der Waals surface area (Å²) in [7, 11) is -7.80. The lowest BCUT2D eigenvalue weighted by Crippen LogP contribution is -3.00. The van der Waals surface area contributed by atoms with Crippen LogP contribution in [-0.4, -0.2) is 25.0 Å². The summed E-state index contributed by atoms with van der Waals surface area (Å²) in [5.74, 6) is 0. The van der Waals surface area contributed by atoms with Gasteiger partial charge in [0.15, 0.2) is 6.54 Å². The largest absolute Gasteiger partial charge is 1.00 e. The molecule has 0 atom stereocenters. The van der Waals surface area contributed by atoms with Crippen molar-refractivity contribution < 1.29 is 117 Å². The molecule has 0 aliphatic rings. The van der Waals surface area contributed by atoms with Crippen molar-refractivity contribution in [3.63, 3.8) is 0 Å². The third-order valence-corrected chi connectivity index (χ3v) is 8.49. The molecule has 0 unspecified atom stereocenters. The van der Waals surface area contributed by atoms with E-state index >= 15 is 0 Å². The van der Waals surface area contributed by atoms with E-state index in [-0.39, 0.29) is 98.4 Å². The van der Waals surface area contributed by atoms with Gasteiger partial charge in [-0.25, -0.2) is 0 Å². The molecule has 10 nitrogen and oxygen atoms in total. The van der Waals surface area contributed by atoms with Crippen LogP contribution >= 0.6 is 0 Å². The lowest BCUT2D eigenvalue weighted by Gasteiger charge is -2.00. The second-order valence-electron chi connectivity index (χ2n) is 7.32. The molecule has 0 radical (unpaired) electrons. The van der Waals surface area contributed by atoms with Gasteiger partial charge in [-0.2, -0.15) is 21.4 Å². The van der Waals surface area contributed by atoms with Gasteiger partial charge in [0.25, 0.3) is 0 Å². The van der Waals surface area contributed by atoms with E-state index < -0.39 is 20.0 Å². The Hall–Kier alpha value is -0.960. The normalized spacial score (nSPS) is 10.9. The molecule has 0 N–H and O–H groups in total. The molecule has 204 valence electrons.